The number of hydrogen-bond donors (Lipinski definition) is 2. The smallest absolute Gasteiger partial charge is 0.319 e. The molecule has 1 aliphatic carbocycles. The van der Waals surface area contributed by atoms with Gasteiger partial charge < -0.3 is 15.5 Å². The van der Waals surface area contributed by atoms with Crippen LogP contribution in [-0.2, 0) is 6.54 Å². The predicted molar refractivity (Wildman–Crippen MR) is 146 cm³/mol. The molecule has 2 aliphatic rings. The van der Waals surface area contributed by atoms with Crippen molar-refractivity contribution in [1.82, 2.24) is 15.1 Å². The lowest BCUT2D eigenvalue weighted by atomic mass is 9.93. The van der Waals surface area contributed by atoms with Crippen LogP contribution in [0, 0.1) is 0 Å². The van der Waals surface area contributed by atoms with Gasteiger partial charge in [0, 0.05) is 60.3 Å². The van der Waals surface area contributed by atoms with Crippen molar-refractivity contribution in [2.45, 2.75) is 71.6 Å². The molecule has 1 saturated carbocycles. The standard InChI is InChI=1S/C29H37N5O3/c1-19(2)30-27(35)24-8-5-7-22(15-24)18-34-20(3)16-33(17-21(34)4)28(36)23-11-13-26(14-12-23)32-29(37)31-25-9-6-10-25/h5,7-8,11-15,20-21,25H,6,9-10,16-18H2,1-4H3,(H2,31,32,37)/t20-,21+. The Hall–Kier alpha value is -3.52. The number of urea groups is 1. The van der Waals surface area contributed by atoms with E-state index in [2.05, 4.69) is 34.4 Å². The molecule has 8 heteroatoms. The summed E-state index contributed by atoms with van der Waals surface area (Å²) in [5, 5.41) is 5.79. The van der Waals surface area contributed by atoms with Crippen LogP contribution >= 0.6 is 0 Å². The third-order valence-corrected chi connectivity index (χ3v) is 7.08. The van der Waals surface area contributed by atoms with Crippen molar-refractivity contribution in [3.05, 3.63) is 65.2 Å². The highest BCUT2D eigenvalue weighted by Crippen LogP contribution is 2.22. The third kappa shape index (κ3) is 6.83. The summed E-state index contributed by atoms with van der Waals surface area (Å²) in [5.74, 6) is -0.234. The largest absolute Gasteiger partial charge is 0.336 e. The van der Waals surface area contributed by atoms with Crippen molar-refractivity contribution < 1.29 is 14.4 Å². The number of carbonyl (C=O) groups excluding carboxylic acids is 3. The van der Waals surface area contributed by atoms with Gasteiger partial charge in [0.15, 0.2) is 0 Å². The average Bonchev–Trinajstić information content (AvgIpc) is 2.83. The third-order valence-electron chi connectivity index (χ3n) is 7.08. The first-order valence-corrected chi connectivity index (χ1v) is 13.1. The molecule has 2 N–H and O–H groups in total. The van der Waals surface area contributed by atoms with E-state index in [1.54, 1.807) is 30.3 Å². The maximum Gasteiger partial charge on any atom is 0.319 e. The van der Waals surface area contributed by atoms with Gasteiger partial charge in [-0.25, -0.2) is 9.79 Å². The lowest BCUT2D eigenvalue weighted by molar-refractivity contribution is 0.0269. The Labute approximate surface area is 219 Å². The second-order valence-corrected chi connectivity index (χ2v) is 10.4. The number of carbonyl (C=O) groups is 3. The molecule has 0 unspecified atom stereocenters. The Bertz CT molecular complexity index is 1160. The van der Waals surface area contributed by atoms with E-state index in [0.29, 0.717) is 36.4 Å². The van der Waals surface area contributed by atoms with Gasteiger partial charge in [-0.3, -0.25) is 14.5 Å². The molecule has 196 valence electrons. The van der Waals surface area contributed by atoms with E-state index >= 15 is 0 Å². The normalized spacial score (nSPS) is 20.1. The molecule has 0 aromatic heterocycles. The van der Waals surface area contributed by atoms with Crippen LogP contribution in [0.25, 0.3) is 0 Å². The number of benzene rings is 2. The summed E-state index contributed by atoms with van der Waals surface area (Å²) in [4.78, 5) is 46.0. The minimum atomic E-state index is -0.224. The fourth-order valence-electron chi connectivity index (χ4n) is 4.90. The van der Waals surface area contributed by atoms with Gasteiger partial charge in [0.1, 0.15) is 0 Å². The van der Waals surface area contributed by atoms with Crippen molar-refractivity contribution in [2.24, 2.45) is 4.99 Å². The maximum absolute atomic E-state index is 13.2. The molecule has 1 aliphatic heterocycles. The fraction of sp³-hybridized carbons (Fsp3) is 0.448. The number of hydrogen-bond acceptors (Lipinski definition) is 4. The minimum absolute atomic E-state index is 0.00999. The molecule has 4 amide bonds. The fourth-order valence-corrected chi connectivity index (χ4v) is 4.90. The van der Waals surface area contributed by atoms with Gasteiger partial charge in [0.05, 0.1) is 0 Å². The number of anilines is 1. The van der Waals surface area contributed by atoms with E-state index in [-0.39, 0.29) is 36.0 Å². The highest BCUT2D eigenvalue weighted by Gasteiger charge is 2.32. The molecule has 2 atom stereocenters. The number of piperazine rings is 1. The number of aliphatic imine (C=N–C) groups is 1. The number of nitrogens with one attached hydrogen (secondary N) is 2. The zero-order chi connectivity index (χ0) is 26.5. The molecular formula is C29H37N5O3. The number of nitrogens with zero attached hydrogens (tertiary/aromatic N) is 3. The van der Waals surface area contributed by atoms with Crippen LogP contribution < -0.4 is 10.6 Å². The minimum Gasteiger partial charge on any atom is -0.336 e. The summed E-state index contributed by atoms with van der Waals surface area (Å²) in [6, 6.07) is 15.1. The topological polar surface area (TPSA) is 94.1 Å². The number of rotatable bonds is 6. The average molecular weight is 504 g/mol. The first-order valence-electron chi connectivity index (χ1n) is 13.1. The van der Waals surface area contributed by atoms with Gasteiger partial charge in [-0.15, -0.1) is 0 Å². The SMILES string of the molecule is CC(C)=NC(=O)c1cccc(CN2[C@H](C)CN(C(=O)c3ccc(NC(=O)NC4CCC4)cc3)C[C@@H]2C)c1. The molecule has 1 heterocycles. The van der Waals surface area contributed by atoms with Crippen LogP contribution in [0.1, 0.15) is 73.2 Å². The van der Waals surface area contributed by atoms with E-state index < -0.39 is 0 Å². The monoisotopic (exact) mass is 503 g/mol. The van der Waals surface area contributed by atoms with E-state index in [1.165, 1.54) is 0 Å². The number of amides is 4. The van der Waals surface area contributed by atoms with Gasteiger partial charge in [-0.2, -0.15) is 0 Å². The summed E-state index contributed by atoms with van der Waals surface area (Å²) in [5.41, 5.74) is 3.65. The van der Waals surface area contributed by atoms with Crippen molar-refractivity contribution in [3.63, 3.8) is 0 Å². The van der Waals surface area contributed by atoms with Gasteiger partial charge in [0.2, 0.25) is 0 Å². The molecule has 2 fully saturated rings. The molecule has 1 saturated heterocycles. The van der Waals surface area contributed by atoms with Crippen molar-refractivity contribution >= 4 is 29.2 Å². The lowest BCUT2D eigenvalue weighted by Crippen LogP contribution is -2.57. The van der Waals surface area contributed by atoms with Crippen molar-refractivity contribution in [2.75, 3.05) is 18.4 Å². The van der Waals surface area contributed by atoms with Crippen LogP contribution in [0.4, 0.5) is 10.5 Å². The zero-order valence-corrected chi connectivity index (χ0v) is 22.2. The van der Waals surface area contributed by atoms with Gasteiger partial charge in [-0.05, 0) is 88.9 Å². The predicted octanol–water partition coefficient (Wildman–Crippen LogP) is 4.72. The molecule has 2 aromatic carbocycles. The van der Waals surface area contributed by atoms with E-state index in [4.69, 9.17) is 0 Å². The Morgan fingerprint density at radius 1 is 0.946 bits per heavy atom. The second-order valence-electron chi connectivity index (χ2n) is 10.4. The van der Waals surface area contributed by atoms with Crippen LogP contribution in [0.15, 0.2) is 53.5 Å². The Balaban J connectivity index is 1.34. The molecule has 37 heavy (non-hydrogen) atoms. The van der Waals surface area contributed by atoms with Crippen molar-refractivity contribution in [3.8, 4) is 0 Å². The first kappa shape index (κ1) is 26.5. The van der Waals surface area contributed by atoms with Crippen LogP contribution in [0.5, 0.6) is 0 Å². The maximum atomic E-state index is 13.2. The first-order chi connectivity index (χ1) is 17.7. The molecule has 4 rings (SSSR count). The summed E-state index contributed by atoms with van der Waals surface area (Å²) >= 11 is 0. The quantitative estimate of drug-likeness (QED) is 0.558. The summed E-state index contributed by atoms with van der Waals surface area (Å²) in [6.07, 6.45) is 3.23. The van der Waals surface area contributed by atoms with E-state index in [9.17, 15) is 14.4 Å². The lowest BCUT2D eigenvalue weighted by Gasteiger charge is -2.44. The summed E-state index contributed by atoms with van der Waals surface area (Å²) in [6.45, 7) is 9.81. The Morgan fingerprint density at radius 2 is 1.62 bits per heavy atom. The molecular weight excluding hydrogens is 466 g/mol. The zero-order valence-electron chi connectivity index (χ0n) is 22.2. The molecule has 0 spiro atoms. The van der Waals surface area contributed by atoms with E-state index in [0.717, 1.165) is 30.5 Å². The van der Waals surface area contributed by atoms with Crippen LogP contribution in [0.3, 0.4) is 0 Å². The Morgan fingerprint density at radius 3 is 2.22 bits per heavy atom. The molecule has 0 bridgehead atoms. The van der Waals surface area contributed by atoms with Gasteiger partial charge in [0.25, 0.3) is 11.8 Å². The molecule has 2 aromatic rings. The van der Waals surface area contributed by atoms with E-state index in [1.807, 2.05) is 36.9 Å². The Kier molecular flexibility index (Phi) is 8.38. The van der Waals surface area contributed by atoms with Gasteiger partial charge >= 0.3 is 6.03 Å². The van der Waals surface area contributed by atoms with Crippen molar-refractivity contribution in [1.29, 1.82) is 0 Å². The van der Waals surface area contributed by atoms with Crippen LogP contribution in [-0.4, -0.2) is 64.6 Å². The highest BCUT2D eigenvalue weighted by molar-refractivity contribution is 6.02. The summed E-state index contributed by atoms with van der Waals surface area (Å²) in [7, 11) is 0. The molecule has 0 radical (unpaired) electrons. The molecule has 8 nitrogen and oxygen atoms in total. The second kappa shape index (κ2) is 11.7. The van der Waals surface area contributed by atoms with Crippen LogP contribution in [0.2, 0.25) is 0 Å². The summed E-state index contributed by atoms with van der Waals surface area (Å²) < 4.78 is 0. The van der Waals surface area contributed by atoms with Gasteiger partial charge in [-0.1, -0.05) is 12.1 Å². The highest BCUT2D eigenvalue weighted by atomic mass is 16.2.